The lowest BCUT2D eigenvalue weighted by atomic mass is 9.75. The SMILES string of the molecule is C=CCC/C(Cc1ccccc1)=C(\CB1OC(C)(C)C(C)(C)O1)Cc1ccccc1. The number of hydrogen-bond acceptors (Lipinski definition) is 2. The second kappa shape index (κ2) is 9.81. The van der Waals surface area contributed by atoms with Crippen LogP contribution in [0, 0.1) is 0 Å². The van der Waals surface area contributed by atoms with Gasteiger partial charge in [-0.15, -0.1) is 6.58 Å². The largest absolute Gasteiger partial charge is 0.462 e. The first kappa shape index (κ1) is 22.6. The minimum atomic E-state index is -0.309. The zero-order valence-corrected chi connectivity index (χ0v) is 19.0. The molecule has 1 aliphatic heterocycles. The minimum absolute atomic E-state index is 0.219. The predicted molar refractivity (Wildman–Crippen MR) is 128 cm³/mol. The van der Waals surface area contributed by atoms with E-state index in [0.717, 1.165) is 32.0 Å². The van der Waals surface area contributed by atoms with Gasteiger partial charge in [-0.3, -0.25) is 0 Å². The van der Waals surface area contributed by atoms with Crippen LogP contribution in [-0.2, 0) is 22.2 Å². The van der Waals surface area contributed by atoms with Crippen molar-refractivity contribution in [2.75, 3.05) is 0 Å². The Labute approximate surface area is 183 Å². The summed E-state index contributed by atoms with van der Waals surface area (Å²) in [6.45, 7) is 12.4. The van der Waals surface area contributed by atoms with Crippen LogP contribution >= 0.6 is 0 Å². The van der Waals surface area contributed by atoms with E-state index in [1.807, 2.05) is 6.08 Å². The molecule has 0 saturated carbocycles. The van der Waals surface area contributed by atoms with Crippen LogP contribution in [0.3, 0.4) is 0 Å². The topological polar surface area (TPSA) is 18.5 Å². The van der Waals surface area contributed by atoms with E-state index in [0.29, 0.717) is 0 Å². The third kappa shape index (κ3) is 5.74. The highest BCUT2D eigenvalue weighted by Crippen LogP contribution is 2.39. The Kier molecular flexibility index (Phi) is 7.38. The van der Waals surface area contributed by atoms with Gasteiger partial charge in [0.25, 0.3) is 0 Å². The van der Waals surface area contributed by atoms with Crippen molar-refractivity contribution in [3.63, 3.8) is 0 Å². The molecule has 1 saturated heterocycles. The summed E-state index contributed by atoms with van der Waals surface area (Å²) in [5.74, 6) is 0. The zero-order chi connectivity index (χ0) is 21.6. The molecular weight excluding hydrogens is 367 g/mol. The molecule has 1 fully saturated rings. The smallest absolute Gasteiger partial charge is 0.403 e. The maximum Gasteiger partial charge on any atom is 0.462 e. The van der Waals surface area contributed by atoms with Crippen molar-refractivity contribution in [3.05, 3.63) is 95.6 Å². The molecule has 0 amide bonds. The Balaban J connectivity index is 1.93. The Morgan fingerprint density at radius 3 is 1.73 bits per heavy atom. The van der Waals surface area contributed by atoms with E-state index in [1.54, 1.807) is 0 Å². The van der Waals surface area contributed by atoms with Crippen molar-refractivity contribution in [1.82, 2.24) is 0 Å². The molecule has 0 bridgehead atoms. The molecule has 158 valence electrons. The molecule has 1 heterocycles. The first-order valence-corrected chi connectivity index (χ1v) is 11.0. The number of rotatable bonds is 9. The molecule has 2 aromatic rings. The number of hydrogen-bond donors (Lipinski definition) is 0. The molecule has 0 N–H and O–H groups in total. The van der Waals surface area contributed by atoms with Gasteiger partial charge in [0.2, 0.25) is 0 Å². The number of benzene rings is 2. The fourth-order valence-corrected chi connectivity index (χ4v) is 3.94. The van der Waals surface area contributed by atoms with Crippen molar-refractivity contribution < 1.29 is 9.31 Å². The third-order valence-corrected chi connectivity index (χ3v) is 6.39. The van der Waals surface area contributed by atoms with Gasteiger partial charge in [0.05, 0.1) is 11.2 Å². The van der Waals surface area contributed by atoms with Gasteiger partial charge < -0.3 is 9.31 Å². The Bertz CT molecular complexity index is 837. The molecule has 0 unspecified atom stereocenters. The summed E-state index contributed by atoms with van der Waals surface area (Å²) in [4.78, 5) is 0. The number of allylic oxidation sites excluding steroid dienone is 3. The van der Waals surface area contributed by atoms with E-state index >= 15 is 0 Å². The minimum Gasteiger partial charge on any atom is -0.403 e. The Morgan fingerprint density at radius 2 is 1.27 bits per heavy atom. The lowest BCUT2D eigenvalue weighted by Gasteiger charge is -2.32. The van der Waals surface area contributed by atoms with Crippen LogP contribution in [-0.4, -0.2) is 18.3 Å². The van der Waals surface area contributed by atoms with Crippen LogP contribution in [0.4, 0.5) is 0 Å². The fourth-order valence-electron chi connectivity index (χ4n) is 3.94. The van der Waals surface area contributed by atoms with E-state index in [-0.39, 0.29) is 18.3 Å². The first-order chi connectivity index (χ1) is 14.3. The lowest BCUT2D eigenvalue weighted by Crippen LogP contribution is -2.41. The maximum absolute atomic E-state index is 6.36. The van der Waals surface area contributed by atoms with Crippen LogP contribution in [0.2, 0.25) is 6.32 Å². The second-order valence-corrected chi connectivity index (χ2v) is 9.25. The van der Waals surface area contributed by atoms with Gasteiger partial charge in [-0.05, 0) is 64.5 Å². The quantitative estimate of drug-likeness (QED) is 0.338. The Hall–Kier alpha value is -2.10. The van der Waals surface area contributed by atoms with Crippen LogP contribution in [0.5, 0.6) is 0 Å². The molecule has 0 spiro atoms. The molecule has 2 aromatic carbocycles. The van der Waals surface area contributed by atoms with Gasteiger partial charge in [0.15, 0.2) is 0 Å². The molecule has 0 atom stereocenters. The molecule has 0 aromatic heterocycles. The average Bonchev–Trinajstić information content (AvgIpc) is 2.92. The third-order valence-electron chi connectivity index (χ3n) is 6.39. The highest BCUT2D eigenvalue weighted by Gasteiger charge is 2.51. The summed E-state index contributed by atoms with van der Waals surface area (Å²) < 4.78 is 12.7. The zero-order valence-electron chi connectivity index (χ0n) is 19.0. The van der Waals surface area contributed by atoms with Crippen molar-refractivity contribution in [1.29, 1.82) is 0 Å². The van der Waals surface area contributed by atoms with Crippen molar-refractivity contribution in [2.45, 2.75) is 70.9 Å². The fraction of sp³-hybridized carbons (Fsp3) is 0.407. The van der Waals surface area contributed by atoms with Gasteiger partial charge in [-0.1, -0.05) is 77.9 Å². The van der Waals surface area contributed by atoms with Crippen molar-refractivity contribution in [2.24, 2.45) is 0 Å². The summed E-state index contributed by atoms with van der Waals surface area (Å²) in [5, 5.41) is 0. The monoisotopic (exact) mass is 402 g/mol. The van der Waals surface area contributed by atoms with Gasteiger partial charge in [0.1, 0.15) is 0 Å². The van der Waals surface area contributed by atoms with E-state index in [2.05, 4.69) is 94.9 Å². The van der Waals surface area contributed by atoms with Crippen LogP contribution in [0.25, 0.3) is 0 Å². The van der Waals surface area contributed by atoms with Gasteiger partial charge in [-0.25, -0.2) is 0 Å². The highest BCUT2D eigenvalue weighted by atomic mass is 16.7. The summed E-state index contributed by atoms with van der Waals surface area (Å²) in [7, 11) is -0.219. The van der Waals surface area contributed by atoms with E-state index in [4.69, 9.17) is 9.31 Å². The molecule has 0 aliphatic carbocycles. The molecule has 3 rings (SSSR count). The summed E-state index contributed by atoms with van der Waals surface area (Å²) in [6, 6.07) is 21.4. The van der Waals surface area contributed by atoms with E-state index < -0.39 is 0 Å². The molecule has 1 aliphatic rings. The summed E-state index contributed by atoms with van der Waals surface area (Å²) in [6.07, 6.45) is 6.67. The molecule has 3 heteroatoms. The van der Waals surface area contributed by atoms with Gasteiger partial charge in [-0.2, -0.15) is 0 Å². The standard InChI is InChI=1S/C27H35BO2/c1-6-7-18-24(19-22-14-10-8-11-15-22)25(20-23-16-12-9-13-17-23)21-28-29-26(2,3)27(4,5)30-28/h6,8-17H,1,7,18-21H2,2-5H3/b25-24+. The maximum atomic E-state index is 6.36. The van der Waals surface area contributed by atoms with Crippen LogP contribution < -0.4 is 0 Å². The molecule has 2 nitrogen and oxygen atoms in total. The molecular formula is C27H35BO2. The summed E-state index contributed by atoms with van der Waals surface area (Å²) in [5.41, 5.74) is 4.95. The van der Waals surface area contributed by atoms with Crippen LogP contribution in [0.1, 0.15) is 51.7 Å². The highest BCUT2D eigenvalue weighted by molar-refractivity contribution is 6.46. The second-order valence-electron chi connectivity index (χ2n) is 9.25. The Morgan fingerprint density at radius 1 is 0.800 bits per heavy atom. The molecule has 30 heavy (non-hydrogen) atoms. The molecule has 0 radical (unpaired) electrons. The lowest BCUT2D eigenvalue weighted by molar-refractivity contribution is 0.00578. The van der Waals surface area contributed by atoms with Gasteiger partial charge >= 0.3 is 7.12 Å². The van der Waals surface area contributed by atoms with E-state index in [9.17, 15) is 0 Å². The predicted octanol–water partition coefficient (Wildman–Crippen LogP) is 6.83. The van der Waals surface area contributed by atoms with Crippen molar-refractivity contribution >= 4 is 7.12 Å². The summed E-state index contributed by atoms with van der Waals surface area (Å²) >= 11 is 0. The van der Waals surface area contributed by atoms with Crippen molar-refractivity contribution in [3.8, 4) is 0 Å². The normalized spacial score (nSPS) is 18.2. The van der Waals surface area contributed by atoms with Crippen LogP contribution in [0.15, 0.2) is 84.5 Å². The van der Waals surface area contributed by atoms with E-state index in [1.165, 1.54) is 22.3 Å². The average molecular weight is 402 g/mol. The van der Waals surface area contributed by atoms with Gasteiger partial charge in [0, 0.05) is 6.32 Å². The first-order valence-electron chi connectivity index (χ1n) is 11.0.